The fourth-order valence-electron chi connectivity index (χ4n) is 2.31. The maximum absolute atomic E-state index is 6.26. The Labute approximate surface area is 110 Å². The second-order valence-corrected chi connectivity index (χ2v) is 7.55. The molecule has 0 N–H and O–H groups in total. The average molecular weight is 259 g/mol. The molecule has 0 spiro atoms. The van der Waals surface area contributed by atoms with Gasteiger partial charge in [0.1, 0.15) is 10.6 Å². The summed E-state index contributed by atoms with van der Waals surface area (Å²) < 4.78 is 6.26. The van der Waals surface area contributed by atoms with Gasteiger partial charge < -0.3 is 0 Å². The highest BCUT2D eigenvalue weighted by molar-refractivity contribution is 7.85. The lowest BCUT2D eigenvalue weighted by molar-refractivity contribution is 0.376. The van der Waals surface area contributed by atoms with Gasteiger partial charge in [0, 0.05) is 0 Å². The molecular weight excluding hydrogens is 239 g/mol. The molecule has 0 saturated heterocycles. The van der Waals surface area contributed by atoms with Gasteiger partial charge >= 0.3 is 0 Å². The van der Waals surface area contributed by atoms with E-state index in [0.29, 0.717) is 0 Å². The third kappa shape index (κ3) is 2.48. The molecular formula is C16H20OP+. The topological polar surface area (TPSA) is 9.23 Å². The number of rotatable bonds is 5. The summed E-state index contributed by atoms with van der Waals surface area (Å²) in [5.41, 5.74) is 0. The number of benzene rings is 2. The Morgan fingerprint density at radius 3 is 1.56 bits per heavy atom. The molecule has 0 fully saturated rings. The molecule has 0 aliphatic carbocycles. The van der Waals surface area contributed by atoms with Gasteiger partial charge in [0.2, 0.25) is 7.49 Å². The summed E-state index contributed by atoms with van der Waals surface area (Å²) in [5.74, 6) is 0. The molecule has 0 aliphatic heterocycles. The largest absolute Gasteiger partial charge is 0.227 e. The van der Waals surface area contributed by atoms with E-state index >= 15 is 0 Å². The molecule has 18 heavy (non-hydrogen) atoms. The van der Waals surface area contributed by atoms with Gasteiger partial charge in [-0.1, -0.05) is 36.4 Å². The van der Waals surface area contributed by atoms with E-state index in [0.717, 1.165) is 12.8 Å². The van der Waals surface area contributed by atoms with Crippen molar-refractivity contribution in [3.63, 3.8) is 0 Å². The Morgan fingerprint density at radius 1 is 0.778 bits per heavy atom. The van der Waals surface area contributed by atoms with Crippen molar-refractivity contribution in [3.8, 4) is 0 Å². The van der Waals surface area contributed by atoms with Crippen LogP contribution in [0.1, 0.15) is 13.8 Å². The lowest BCUT2D eigenvalue weighted by Crippen LogP contribution is -2.26. The van der Waals surface area contributed by atoms with Gasteiger partial charge in [-0.05, 0) is 38.1 Å². The minimum Gasteiger partial charge on any atom is -0.227 e. The van der Waals surface area contributed by atoms with Crippen LogP contribution in [-0.2, 0) is 4.52 Å². The third-order valence-corrected chi connectivity index (χ3v) is 7.00. The summed E-state index contributed by atoms with van der Waals surface area (Å²) in [4.78, 5) is 0. The molecule has 2 heteroatoms. The van der Waals surface area contributed by atoms with E-state index in [9.17, 15) is 0 Å². The van der Waals surface area contributed by atoms with E-state index in [1.54, 1.807) is 0 Å². The van der Waals surface area contributed by atoms with Crippen molar-refractivity contribution in [2.75, 3.05) is 12.8 Å². The fraction of sp³-hybridized carbons (Fsp3) is 0.250. The average Bonchev–Trinajstić information content (AvgIpc) is 2.47. The van der Waals surface area contributed by atoms with Crippen molar-refractivity contribution in [1.29, 1.82) is 0 Å². The van der Waals surface area contributed by atoms with Crippen LogP contribution in [0.3, 0.4) is 0 Å². The molecule has 1 nitrogen and oxygen atoms in total. The highest BCUT2D eigenvalue weighted by Crippen LogP contribution is 2.56. The molecule has 2 aromatic rings. The van der Waals surface area contributed by atoms with Gasteiger partial charge in [0.25, 0.3) is 0 Å². The van der Waals surface area contributed by atoms with Gasteiger partial charge in [-0.2, -0.15) is 0 Å². The van der Waals surface area contributed by atoms with E-state index < -0.39 is 7.49 Å². The van der Waals surface area contributed by atoms with E-state index in [1.165, 1.54) is 10.6 Å². The number of hydrogen-bond donors (Lipinski definition) is 0. The van der Waals surface area contributed by atoms with Gasteiger partial charge in [-0.25, -0.2) is 4.52 Å². The monoisotopic (exact) mass is 259 g/mol. The molecule has 0 amide bonds. The summed E-state index contributed by atoms with van der Waals surface area (Å²) >= 11 is 0. The quantitative estimate of drug-likeness (QED) is 0.745. The second-order valence-electron chi connectivity index (χ2n) is 4.14. The van der Waals surface area contributed by atoms with Crippen LogP contribution < -0.4 is 10.6 Å². The molecule has 0 heterocycles. The van der Waals surface area contributed by atoms with Crippen LogP contribution in [-0.4, -0.2) is 12.8 Å². The van der Waals surface area contributed by atoms with E-state index in [2.05, 4.69) is 74.5 Å². The second kappa shape index (κ2) is 6.13. The predicted molar refractivity (Wildman–Crippen MR) is 81.2 cm³/mol. The van der Waals surface area contributed by atoms with Crippen LogP contribution in [0.2, 0.25) is 0 Å². The predicted octanol–water partition coefficient (Wildman–Crippen LogP) is 3.63. The zero-order valence-corrected chi connectivity index (χ0v) is 11.9. The zero-order valence-electron chi connectivity index (χ0n) is 11.0. The van der Waals surface area contributed by atoms with Crippen LogP contribution in [0, 0.1) is 0 Å². The Bertz CT molecular complexity index is 427. The maximum atomic E-state index is 6.26. The van der Waals surface area contributed by atoms with Gasteiger partial charge in [0.05, 0.1) is 12.8 Å². The first-order valence-electron chi connectivity index (χ1n) is 6.47. The standard InChI is InChI=1S/C16H20OP/c1-3-17-18(4-2,15-11-7-5-8-12-15)16-13-9-6-10-14-16/h5-14H,3-4H2,1-2H3/q+1. The minimum absolute atomic E-state index is 0.755. The summed E-state index contributed by atoms with van der Waals surface area (Å²) in [6.45, 7) is 5.06. The van der Waals surface area contributed by atoms with Crippen LogP contribution in [0.5, 0.6) is 0 Å². The Morgan fingerprint density at radius 2 is 1.22 bits per heavy atom. The number of hydrogen-bond acceptors (Lipinski definition) is 1. The van der Waals surface area contributed by atoms with Gasteiger partial charge in [0.15, 0.2) is 0 Å². The van der Waals surface area contributed by atoms with Crippen molar-refractivity contribution >= 4 is 18.1 Å². The Balaban J connectivity index is 2.53. The van der Waals surface area contributed by atoms with Crippen LogP contribution >= 0.6 is 7.49 Å². The molecule has 0 unspecified atom stereocenters. The van der Waals surface area contributed by atoms with Crippen molar-refractivity contribution in [2.45, 2.75) is 13.8 Å². The SMILES string of the molecule is CCO[P+](CC)(c1ccccc1)c1ccccc1. The van der Waals surface area contributed by atoms with E-state index in [-0.39, 0.29) is 0 Å². The molecule has 0 bridgehead atoms. The zero-order chi connectivity index (χ0) is 12.8. The van der Waals surface area contributed by atoms with E-state index in [4.69, 9.17) is 4.52 Å². The molecule has 2 rings (SSSR count). The minimum atomic E-state index is -1.68. The van der Waals surface area contributed by atoms with Crippen molar-refractivity contribution in [2.24, 2.45) is 0 Å². The molecule has 94 valence electrons. The summed E-state index contributed by atoms with van der Waals surface area (Å²) in [5, 5.41) is 2.67. The molecule has 0 aliphatic rings. The Kier molecular flexibility index (Phi) is 4.52. The smallest absolute Gasteiger partial charge is 0.209 e. The highest BCUT2D eigenvalue weighted by atomic mass is 31.2. The van der Waals surface area contributed by atoms with Crippen LogP contribution in [0.25, 0.3) is 0 Å². The maximum Gasteiger partial charge on any atom is 0.209 e. The molecule has 0 aromatic heterocycles. The first-order chi connectivity index (χ1) is 8.83. The van der Waals surface area contributed by atoms with Crippen LogP contribution in [0.15, 0.2) is 60.7 Å². The molecule has 0 radical (unpaired) electrons. The normalized spacial score (nSPS) is 11.4. The molecule has 0 atom stereocenters. The third-order valence-electron chi connectivity index (χ3n) is 3.14. The summed E-state index contributed by atoms with van der Waals surface area (Å²) in [6.07, 6.45) is 1.04. The fourth-order valence-corrected chi connectivity index (χ4v) is 5.57. The summed E-state index contributed by atoms with van der Waals surface area (Å²) in [6, 6.07) is 21.3. The highest BCUT2D eigenvalue weighted by Gasteiger charge is 2.42. The van der Waals surface area contributed by atoms with Crippen molar-refractivity contribution in [1.82, 2.24) is 0 Å². The molecule has 0 saturated carbocycles. The first-order valence-corrected chi connectivity index (χ1v) is 8.36. The Hall–Kier alpha value is -1.17. The van der Waals surface area contributed by atoms with Crippen molar-refractivity contribution < 1.29 is 4.52 Å². The molecule has 2 aromatic carbocycles. The van der Waals surface area contributed by atoms with Gasteiger partial charge in [-0.15, -0.1) is 0 Å². The van der Waals surface area contributed by atoms with Crippen molar-refractivity contribution in [3.05, 3.63) is 60.7 Å². The van der Waals surface area contributed by atoms with Crippen LogP contribution in [0.4, 0.5) is 0 Å². The lowest BCUT2D eigenvalue weighted by Gasteiger charge is -2.23. The summed E-state index contributed by atoms with van der Waals surface area (Å²) in [7, 11) is -1.68. The lowest BCUT2D eigenvalue weighted by atomic mass is 10.4. The van der Waals surface area contributed by atoms with E-state index in [1.807, 2.05) is 0 Å². The van der Waals surface area contributed by atoms with Gasteiger partial charge in [-0.3, -0.25) is 0 Å². The first kappa shape index (κ1) is 13.3.